The van der Waals surface area contributed by atoms with Crippen molar-refractivity contribution < 1.29 is 67.8 Å². The van der Waals surface area contributed by atoms with E-state index >= 15 is 0 Å². The van der Waals surface area contributed by atoms with Crippen molar-refractivity contribution in [2.45, 2.75) is 192 Å². The fraction of sp³-hybridized carbons (Fsp3) is 0.732. The van der Waals surface area contributed by atoms with E-state index in [0.29, 0.717) is 91.9 Å². The van der Waals surface area contributed by atoms with E-state index in [4.69, 9.17) is 51.7 Å². The molecule has 1 aromatic rings. The predicted octanol–water partition coefficient (Wildman–Crippen LogP) is 7.56. The normalized spacial score (nSPS) is 41.1. The highest BCUT2D eigenvalue weighted by Crippen LogP contribution is 2.46. The molecule has 4 saturated heterocycles. The van der Waals surface area contributed by atoms with E-state index in [0.717, 1.165) is 5.57 Å². The Hall–Kier alpha value is -3.29. The second-order valence-corrected chi connectivity index (χ2v) is 23.2. The van der Waals surface area contributed by atoms with Crippen molar-refractivity contribution in [3.63, 3.8) is 0 Å². The van der Waals surface area contributed by atoms with Crippen LogP contribution in [-0.2, 0) is 52.5 Å². The number of rotatable bonds is 6. The number of hydroxylamine groups is 1. The van der Waals surface area contributed by atoms with E-state index in [9.17, 15) is 39.3 Å². The van der Waals surface area contributed by atoms with Crippen molar-refractivity contribution in [3.05, 3.63) is 51.5 Å². The summed E-state index contributed by atoms with van der Waals surface area (Å²) in [7, 11) is 4.50. The predicted molar refractivity (Wildman–Crippen MR) is 277 cm³/mol. The Morgan fingerprint density at radius 3 is 2.22 bits per heavy atom. The molecular formula is C56H80Cl2N2O14. The summed E-state index contributed by atoms with van der Waals surface area (Å²) >= 11 is 13.7. The van der Waals surface area contributed by atoms with Crippen molar-refractivity contribution in [1.82, 2.24) is 4.90 Å². The number of carbonyl (C=O) groups is 5. The molecule has 10 rings (SSSR count). The summed E-state index contributed by atoms with van der Waals surface area (Å²) in [4.78, 5) is 80.3. The van der Waals surface area contributed by atoms with Gasteiger partial charge in [-0.3, -0.25) is 24.0 Å². The zero-order valence-corrected chi connectivity index (χ0v) is 46.1. The molecule has 18 atom stereocenters. The van der Waals surface area contributed by atoms with Crippen molar-refractivity contribution in [2.24, 2.45) is 41.4 Å². The number of esters is 1. The van der Waals surface area contributed by atoms with Gasteiger partial charge in [0.2, 0.25) is 5.79 Å². The zero-order chi connectivity index (χ0) is 53.9. The fourth-order valence-corrected chi connectivity index (χ4v) is 13.6. The maximum absolute atomic E-state index is 14.7. The largest absolute Gasteiger partial charge is 0.460 e. The fourth-order valence-electron chi connectivity index (χ4n) is 13.0. The lowest BCUT2D eigenvalue weighted by molar-refractivity contribution is -0.266. The van der Waals surface area contributed by atoms with Crippen LogP contribution in [-0.4, -0.2) is 144 Å². The number of para-hydroxylation sites is 1. The number of benzene rings is 1. The van der Waals surface area contributed by atoms with Gasteiger partial charge in [-0.25, -0.2) is 9.86 Å². The molecule has 0 aromatic heterocycles. The lowest BCUT2D eigenvalue weighted by Crippen LogP contribution is -2.65. The summed E-state index contributed by atoms with van der Waals surface area (Å²) in [5.74, 6) is -9.14. The van der Waals surface area contributed by atoms with Gasteiger partial charge in [-0.1, -0.05) is 69.1 Å². The summed E-state index contributed by atoms with van der Waals surface area (Å²) in [6.45, 7) is 10.8. The monoisotopic (exact) mass is 1070 g/mol. The van der Waals surface area contributed by atoms with Crippen LogP contribution in [0.2, 0.25) is 10.0 Å². The first-order valence-electron chi connectivity index (χ1n) is 26.9. The molecule has 3 unspecified atom stereocenters. The summed E-state index contributed by atoms with van der Waals surface area (Å²) < 4.78 is 29.9. The molecule has 5 fully saturated rings. The molecule has 16 nitrogen and oxygen atoms in total. The molecule has 0 spiro atoms. The maximum atomic E-state index is 14.7. The molecule has 8 aliphatic heterocycles. The first-order chi connectivity index (χ1) is 35.1. The van der Waals surface area contributed by atoms with Crippen LogP contribution in [0, 0.1) is 41.4 Å². The Morgan fingerprint density at radius 1 is 0.824 bits per heavy atom. The molecule has 8 heterocycles. The van der Waals surface area contributed by atoms with Gasteiger partial charge in [-0.15, -0.1) is 0 Å². The van der Waals surface area contributed by atoms with Gasteiger partial charge in [0.25, 0.3) is 11.7 Å². The van der Waals surface area contributed by atoms with Gasteiger partial charge < -0.3 is 43.9 Å². The van der Waals surface area contributed by atoms with Crippen molar-refractivity contribution in [1.29, 1.82) is 0 Å². The van der Waals surface area contributed by atoms with Crippen molar-refractivity contribution in [3.8, 4) is 0 Å². The summed E-state index contributed by atoms with van der Waals surface area (Å²) in [6, 6.07) is 3.79. The number of piperidine rings is 1. The Balaban J connectivity index is 1.24. The number of amides is 1. The average molecular weight is 1080 g/mol. The number of anilines is 1. The minimum absolute atomic E-state index is 0.0316. The molecule has 9 aliphatic rings. The van der Waals surface area contributed by atoms with E-state index in [1.165, 1.54) is 12.0 Å². The molecule has 0 radical (unpaired) electrons. The number of hydrogen-bond acceptors (Lipinski definition) is 15. The Morgan fingerprint density at radius 2 is 1.54 bits per heavy atom. The number of ether oxygens (including phenoxy) is 5. The van der Waals surface area contributed by atoms with E-state index in [2.05, 4.69) is 0 Å². The van der Waals surface area contributed by atoms with E-state index in [1.807, 2.05) is 26.8 Å². The smallest absolute Gasteiger partial charge is 0.329 e. The number of ketones is 3. The molecule has 1 saturated carbocycles. The first kappa shape index (κ1) is 58.4. The summed E-state index contributed by atoms with van der Waals surface area (Å²) in [5.41, 5.74) is 1.66. The molecule has 18 heteroatoms. The number of halogens is 2. The summed E-state index contributed by atoms with van der Waals surface area (Å²) in [5, 5.41) is 37.2. The number of aliphatic hydroxyl groups excluding tert-OH is 2. The number of nitrogens with zero attached hydrogens (tertiary/aromatic N) is 2. The quantitative estimate of drug-likeness (QED) is 0.143. The number of aliphatic hydroxyl groups is 3. The van der Waals surface area contributed by atoms with Crippen LogP contribution >= 0.6 is 23.2 Å². The molecule has 8 bridgehead atoms. The number of carbonyl (C=O) groups excluding carboxylic acids is 5. The average Bonchev–Trinajstić information content (AvgIpc) is 3.37. The molecule has 1 aliphatic carbocycles. The number of hydrogen-bond donors (Lipinski definition) is 3. The van der Waals surface area contributed by atoms with Crippen molar-refractivity contribution >= 4 is 58.1 Å². The zero-order valence-electron chi connectivity index (χ0n) is 44.6. The highest BCUT2D eigenvalue weighted by Gasteiger charge is 2.57. The Bertz CT molecular complexity index is 2240. The number of methoxy groups -OCH3 is 3. The van der Waals surface area contributed by atoms with Crippen LogP contribution < -0.4 is 5.06 Å². The minimum Gasteiger partial charge on any atom is -0.460 e. The molecule has 3 N–H and O–H groups in total. The second kappa shape index (κ2) is 25.0. The van der Waals surface area contributed by atoms with E-state index in [1.54, 1.807) is 64.3 Å². The highest BCUT2D eigenvalue weighted by molar-refractivity contribution is 6.39. The topological polar surface area (TPSA) is 208 Å². The SMILES string of the molecule is CO[C@H]1C[C@@H]2CC[C@@H](C)[C@@](O)(O2)C(=O)C(=O)N2CCCC3[C@H]2C(=O)O[C@@H](CC(=O)[C@H](C)/C=C(\C)[C@@H](O)[C@@H](OC)C(=O)[C@H](C)C[C@H](C)C2CCC(/C=C/1C)ON2c1c(Cl)cccc1Cl)[C@H]3C[C@@H]1CC[C@@H](O)[C@H](OC)C1. The van der Waals surface area contributed by atoms with Crippen LogP contribution in [0.1, 0.15) is 125 Å². The maximum Gasteiger partial charge on any atom is 0.329 e. The van der Waals surface area contributed by atoms with Gasteiger partial charge in [0, 0.05) is 64.4 Å². The van der Waals surface area contributed by atoms with E-state index in [-0.39, 0.29) is 48.8 Å². The third-order valence-electron chi connectivity index (χ3n) is 17.5. The van der Waals surface area contributed by atoms with Crippen molar-refractivity contribution in [2.75, 3.05) is 32.9 Å². The standard InChI is InChI=1S/C56H80Cl2N2O14/c1-29-22-32(4)50(63)52(71-9)51(64)33(5)23-30(2)44(62)28-46-39(25-35-16-20-43(61)47(26-35)70-8)38-12-11-21-59(48(38)55(67)72-46)54(66)53(65)56(68)34(6)15-17-36(73-56)27-45(69-7)31(3)24-37-18-19-42(29)60(74-37)49-40(57)13-10-14-41(49)58/h10,13-14,23-24,29-30,32,34-39,42-43,45-48,51-52,61,64,68H,11-12,15-22,25-28H2,1-9H3/b31-24+,33-23+/t29-,30+,32+,34+,35-,36-,37?,38?,39-,42?,43+,45-,46-,47+,48-,51+,52-,56+/m0/s1. The van der Waals surface area contributed by atoms with Crippen LogP contribution in [0.3, 0.4) is 0 Å². The van der Waals surface area contributed by atoms with Gasteiger partial charge in [-0.05, 0) is 126 Å². The second-order valence-electron chi connectivity index (χ2n) is 22.4. The van der Waals surface area contributed by atoms with Gasteiger partial charge in [0.15, 0.2) is 5.78 Å². The Labute approximate surface area is 446 Å². The highest BCUT2D eigenvalue weighted by atomic mass is 35.5. The molecule has 412 valence electrons. The van der Waals surface area contributed by atoms with Gasteiger partial charge in [-0.2, -0.15) is 0 Å². The van der Waals surface area contributed by atoms with Gasteiger partial charge >= 0.3 is 5.97 Å². The lowest BCUT2D eigenvalue weighted by Gasteiger charge is -2.50. The lowest BCUT2D eigenvalue weighted by atomic mass is 9.68. The van der Waals surface area contributed by atoms with Gasteiger partial charge in [0.1, 0.15) is 41.9 Å². The molecule has 1 aromatic carbocycles. The number of allylic oxidation sites excluding steroid dienone is 1. The van der Waals surface area contributed by atoms with Crippen LogP contribution in [0.5, 0.6) is 0 Å². The third kappa shape index (κ3) is 12.5. The third-order valence-corrected chi connectivity index (χ3v) is 18.1. The van der Waals surface area contributed by atoms with E-state index < -0.39 is 108 Å². The molecule has 74 heavy (non-hydrogen) atoms. The van der Waals surface area contributed by atoms with Crippen LogP contribution in [0.15, 0.2) is 41.5 Å². The van der Waals surface area contributed by atoms with Crippen LogP contribution in [0.4, 0.5) is 5.69 Å². The Kier molecular flexibility index (Phi) is 19.7. The van der Waals surface area contributed by atoms with Gasteiger partial charge in [0.05, 0.1) is 40.5 Å². The molecule has 1 amide bonds. The minimum atomic E-state index is -2.50. The molecular weight excluding hydrogens is 996 g/mol. The summed E-state index contributed by atoms with van der Waals surface area (Å²) in [6.07, 6.45) is 3.07. The van der Waals surface area contributed by atoms with Crippen LogP contribution in [0.25, 0.3) is 0 Å². The first-order valence-corrected chi connectivity index (χ1v) is 27.6. The number of Topliss-reactive ketones (excluding diaryl/α,β-unsaturated/α-hetero) is 3.